The molecule has 0 saturated carbocycles. The second-order valence-corrected chi connectivity index (χ2v) is 15.6. The number of nitrogens with zero attached hydrogens (tertiary/aromatic N) is 2. The van der Waals surface area contributed by atoms with Gasteiger partial charge in [0.25, 0.3) is 0 Å². The quantitative estimate of drug-likeness (QED) is 0.345. The number of rotatable bonds is 8. The van der Waals surface area contributed by atoms with Crippen LogP contribution in [0.2, 0.25) is 0 Å². The average molecular weight is 551 g/mol. The van der Waals surface area contributed by atoms with Gasteiger partial charge in [0.2, 0.25) is 0 Å². The van der Waals surface area contributed by atoms with Gasteiger partial charge in [0.1, 0.15) is 11.5 Å². The van der Waals surface area contributed by atoms with E-state index in [2.05, 4.69) is 117 Å². The molecule has 0 spiro atoms. The van der Waals surface area contributed by atoms with Crippen molar-refractivity contribution in [2.24, 2.45) is 0 Å². The molecule has 0 aliphatic carbocycles. The van der Waals surface area contributed by atoms with Crippen molar-refractivity contribution in [3.05, 3.63) is 57.6 Å². The topological polar surface area (TPSA) is 46.9 Å². The third kappa shape index (κ3) is 7.23. The number of phenolic OH excluding ortho intramolecular Hbond substituents is 2. The monoisotopic (exact) mass is 550 g/mol. The normalized spacial score (nSPS) is 16.5. The first-order valence-electron chi connectivity index (χ1n) is 15.5. The van der Waals surface area contributed by atoms with Gasteiger partial charge in [-0.25, -0.2) is 0 Å². The van der Waals surface area contributed by atoms with Crippen molar-refractivity contribution in [1.82, 2.24) is 9.80 Å². The first-order valence-corrected chi connectivity index (χ1v) is 15.5. The van der Waals surface area contributed by atoms with Crippen molar-refractivity contribution in [1.29, 1.82) is 0 Å². The fourth-order valence-corrected chi connectivity index (χ4v) is 5.65. The van der Waals surface area contributed by atoms with Crippen LogP contribution in [0.1, 0.15) is 136 Å². The summed E-state index contributed by atoms with van der Waals surface area (Å²) in [5.74, 6) is 0.893. The number of benzene rings is 2. The van der Waals surface area contributed by atoms with E-state index in [0.29, 0.717) is 11.5 Å². The molecule has 2 aromatic rings. The van der Waals surface area contributed by atoms with Gasteiger partial charge in [0, 0.05) is 37.3 Å². The zero-order valence-corrected chi connectivity index (χ0v) is 27.8. The first kappa shape index (κ1) is 32.5. The van der Waals surface area contributed by atoms with E-state index in [4.69, 9.17) is 0 Å². The number of phenols is 2. The van der Waals surface area contributed by atoms with Gasteiger partial charge < -0.3 is 10.2 Å². The van der Waals surface area contributed by atoms with Gasteiger partial charge in [-0.15, -0.1) is 0 Å². The highest BCUT2D eigenvalue weighted by atomic mass is 16.3. The van der Waals surface area contributed by atoms with E-state index in [1.807, 2.05) is 0 Å². The minimum atomic E-state index is -0.133. The third-order valence-electron chi connectivity index (χ3n) is 9.46. The van der Waals surface area contributed by atoms with Crippen LogP contribution in [0.25, 0.3) is 0 Å². The number of aromatic hydroxyl groups is 2. The average Bonchev–Trinajstić information content (AvgIpc) is 2.85. The van der Waals surface area contributed by atoms with Gasteiger partial charge in [-0.2, -0.15) is 0 Å². The van der Waals surface area contributed by atoms with Crippen LogP contribution < -0.4 is 0 Å². The molecular weight excluding hydrogens is 492 g/mol. The first-order chi connectivity index (χ1) is 18.3. The zero-order chi connectivity index (χ0) is 30.3. The van der Waals surface area contributed by atoms with Crippen molar-refractivity contribution in [3.63, 3.8) is 0 Å². The highest BCUT2D eigenvalue weighted by molar-refractivity contribution is 5.50. The lowest BCUT2D eigenvalue weighted by atomic mass is 9.76. The summed E-state index contributed by atoms with van der Waals surface area (Å²) in [5, 5.41) is 22.8. The van der Waals surface area contributed by atoms with E-state index in [-0.39, 0.29) is 21.7 Å². The van der Waals surface area contributed by atoms with Gasteiger partial charge in [-0.05, 0) is 63.2 Å². The SMILES string of the molecule is CCC(C)(C)c1cc(CN2CCCN(Cc3cc(C(C)(C)CC)cc(C(C)(C)C)c3O)C2)c(O)c(C(C)(C)C)c1. The van der Waals surface area contributed by atoms with Crippen molar-refractivity contribution in [2.45, 2.75) is 137 Å². The van der Waals surface area contributed by atoms with Crippen molar-refractivity contribution in [2.75, 3.05) is 19.8 Å². The van der Waals surface area contributed by atoms with Gasteiger partial charge in [0.15, 0.2) is 0 Å². The summed E-state index contributed by atoms with van der Waals surface area (Å²) in [6.45, 7) is 31.0. The summed E-state index contributed by atoms with van der Waals surface area (Å²) >= 11 is 0. The van der Waals surface area contributed by atoms with Crippen molar-refractivity contribution in [3.8, 4) is 11.5 Å². The van der Waals surface area contributed by atoms with Crippen LogP contribution in [0.15, 0.2) is 24.3 Å². The minimum absolute atomic E-state index is 0.0515. The van der Waals surface area contributed by atoms with Gasteiger partial charge in [-0.3, -0.25) is 9.80 Å². The minimum Gasteiger partial charge on any atom is -0.507 e. The molecule has 3 rings (SSSR count). The Bertz CT molecular complexity index is 1090. The molecular formula is C36H58N2O2. The third-order valence-corrected chi connectivity index (χ3v) is 9.46. The lowest BCUT2D eigenvalue weighted by molar-refractivity contribution is 0.0733. The van der Waals surface area contributed by atoms with Crippen LogP contribution in [-0.4, -0.2) is 39.8 Å². The second kappa shape index (κ2) is 11.7. The number of hydrogen-bond donors (Lipinski definition) is 2. The lowest BCUT2D eigenvalue weighted by Gasteiger charge is -2.37. The summed E-state index contributed by atoms with van der Waals surface area (Å²) in [7, 11) is 0. The van der Waals surface area contributed by atoms with Gasteiger partial charge in [-0.1, -0.05) is 107 Å². The van der Waals surface area contributed by atoms with Crippen molar-refractivity contribution < 1.29 is 10.2 Å². The highest BCUT2D eigenvalue weighted by Crippen LogP contribution is 2.41. The lowest BCUT2D eigenvalue weighted by Crippen LogP contribution is -2.44. The maximum atomic E-state index is 11.4. The van der Waals surface area contributed by atoms with Crippen LogP contribution in [-0.2, 0) is 34.7 Å². The molecule has 0 atom stereocenters. The van der Waals surface area contributed by atoms with Gasteiger partial charge in [0.05, 0.1) is 6.67 Å². The Morgan fingerprint density at radius 2 is 0.950 bits per heavy atom. The van der Waals surface area contributed by atoms with Crippen LogP contribution in [0.3, 0.4) is 0 Å². The van der Waals surface area contributed by atoms with E-state index in [1.54, 1.807) is 0 Å². The molecule has 1 saturated heterocycles. The summed E-state index contributed by atoms with van der Waals surface area (Å²) in [4.78, 5) is 4.91. The molecule has 4 heteroatoms. The molecule has 2 N–H and O–H groups in total. The van der Waals surface area contributed by atoms with E-state index < -0.39 is 0 Å². The molecule has 224 valence electrons. The largest absolute Gasteiger partial charge is 0.507 e. The van der Waals surface area contributed by atoms with E-state index in [0.717, 1.165) is 74.4 Å². The van der Waals surface area contributed by atoms with Crippen LogP contribution >= 0.6 is 0 Å². The Balaban J connectivity index is 1.92. The van der Waals surface area contributed by atoms with Crippen LogP contribution in [0, 0.1) is 0 Å². The second-order valence-electron chi connectivity index (χ2n) is 15.6. The summed E-state index contributed by atoms with van der Waals surface area (Å²) in [6, 6.07) is 8.94. The summed E-state index contributed by atoms with van der Waals surface area (Å²) < 4.78 is 0. The Morgan fingerprint density at radius 1 is 0.600 bits per heavy atom. The summed E-state index contributed by atoms with van der Waals surface area (Å²) in [6.07, 6.45) is 3.17. The molecule has 1 heterocycles. The highest BCUT2D eigenvalue weighted by Gasteiger charge is 2.30. The molecule has 1 aliphatic heterocycles. The Labute approximate surface area is 245 Å². The molecule has 4 nitrogen and oxygen atoms in total. The molecule has 40 heavy (non-hydrogen) atoms. The predicted molar refractivity (Wildman–Crippen MR) is 171 cm³/mol. The smallest absolute Gasteiger partial charge is 0.123 e. The van der Waals surface area contributed by atoms with E-state index >= 15 is 0 Å². The molecule has 1 fully saturated rings. The summed E-state index contributed by atoms with van der Waals surface area (Å²) in [5.41, 5.74) is 6.55. The molecule has 0 amide bonds. The predicted octanol–water partition coefficient (Wildman–Crippen LogP) is 8.73. The van der Waals surface area contributed by atoms with E-state index in [9.17, 15) is 10.2 Å². The fourth-order valence-electron chi connectivity index (χ4n) is 5.65. The fraction of sp³-hybridized carbons (Fsp3) is 0.667. The maximum Gasteiger partial charge on any atom is 0.123 e. The van der Waals surface area contributed by atoms with Crippen molar-refractivity contribution >= 4 is 0 Å². The zero-order valence-electron chi connectivity index (χ0n) is 27.8. The molecule has 1 aliphatic rings. The van der Waals surface area contributed by atoms with Crippen LogP contribution in [0.5, 0.6) is 11.5 Å². The molecule has 0 unspecified atom stereocenters. The van der Waals surface area contributed by atoms with Crippen LogP contribution in [0.4, 0.5) is 0 Å². The molecule has 0 aromatic heterocycles. The Hall–Kier alpha value is -2.04. The number of hydrogen-bond acceptors (Lipinski definition) is 4. The molecule has 0 radical (unpaired) electrons. The molecule has 2 aromatic carbocycles. The van der Waals surface area contributed by atoms with Gasteiger partial charge >= 0.3 is 0 Å². The maximum absolute atomic E-state index is 11.4. The Morgan fingerprint density at radius 3 is 1.25 bits per heavy atom. The standard InChI is InChI=1S/C36H58N2O2/c1-13-35(9,10)27-18-25(31(39)29(20-27)33(3,4)5)22-37-16-15-17-38(24-37)23-26-19-28(36(11,12)14-2)21-30(32(26)40)34(6,7)8/h18-21,39-40H,13-17,22-24H2,1-12H3. The van der Waals surface area contributed by atoms with E-state index in [1.165, 1.54) is 11.1 Å². The Kier molecular flexibility index (Phi) is 9.48. The molecule has 0 bridgehead atoms.